The quantitative estimate of drug-likeness (QED) is 0.485. The number of hydrogen-bond acceptors (Lipinski definition) is 3. The van der Waals surface area contributed by atoms with E-state index in [0.29, 0.717) is 5.71 Å². The van der Waals surface area contributed by atoms with Crippen LogP contribution in [0.3, 0.4) is 0 Å². The number of carbonyl (C=O) groups is 1. The average Bonchev–Trinajstić information content (AvgIpc) is 1.84. The Labute approximate surface area is 71.8 Å². The summed E-state index contributed by atoms with van der Waals surface area (Å²) in [7, 11) is 0. The fraction of sp³-hybridized carbons (Fsp3) is 0.500. The van der Waals surface area contributed by atoms with Gasteiger partial charge in [-0.3, -0.25) is 4.99 Å². The van der Waals surface area contributed by atoms with Gasteiger partial charge in [0.05, 0.1) is 0 Å². The molecule has 0 aliphatic heterocycles. The second kappa shape index (κ2) is 4.54. The third-order valence-electron chi connectivity index (χ3n) is 1.07. The van der Waals surface area contributed by atoms with Crippen molar-refractivity contribution < 1.29 is 9.90 Å². The second-order valence-corrected chi connectivity index (χ2v) is 2.77. The number of nitrogens with two attached hydrogens (primary N) is 1. The van der Waals surface area contributed by atoms with Gasteiger partial charge in [-0.05, 0) is 26.8 Å². The van der Waals surface area contributed by atoms with E-state index in [4.69, 9.17) is 10.8 Å². The van der Waals surface area contributed by atoms with Crippen LogP contribution < -0.4 is 5.73 Å². The van der Waals surface area contributed by atoms with Gasteiger partial charge < -0.3 is 10.8 Å². The lowest BCUT2D eigenvalue weighted by atomic mass is 10.3. The molecule has 4 heteroatoms. The molecule has 0 rings (SSSR count). The molecular weight excluding hydrogens is 156 g/mol. The van der Waals surface area contributed by atoms with Crippen LogP contribution in [0.1, 0.15) is 20.8 Å². The Bertz CT molecular complexity index is 229. The number of allylic oxidation sites excluding steroid dienone is 1. The first-order valence-corrected chi connectivity index (χ1v) is 3.68. The lowest BCUT2D eigenvalue weighted by Gasteiger charge is -1.98. The van der Waals surface area contributed by atoms with Crippen LogP contribution in [0.2, 0.25) is 0 Å². The molecule has 0 fully saturated rings. The summed E-state index contributed by atoms with van der Waals surface area (Å²) in [6, 6.07) is 0.155. The van der Waals surface area contributed by atoms with Crippen molar-refractivity contribution in [2.75, 3.05) is 0 Å². The third-order valence-corrected chi connectivity index (χ3v) is 1.07. The van der Waals surface area contributed by atoms with Gasteiger partial charge in [-0.25, -0.2) is 4.79 Å². The maximum absolute atomic E-state index is 10.3. The standard InChI is InChI=1S/C8H14N2O2/c1-5(2)10-6(3)4-7(9)8(11)12/h4-5H,9H2,1-3H3,(H,11,12). The summed E-state index contributed by atoms with van der Waals surface area (Å²) < 4.78 is 0. The fourth-order valence-electron chi connectivity index (χ4n) is 0.731. The highest BCUT2D eigenvalue weighted by Crippen LogP contribution is 1.92. The molecule has 0 aromatic rings. The van der Waals surface area contributed by atoms with Crippen molar-refractivity contribution in [3.63, 3.8) is 0 Å². The molecule has 68 valence electrons. The summed E-state index contributed by atoms with van der Waals surface area (Å²) in [5, 5.41) is 8.42. The average molecular weight is 170 g/mol. The van der Waals surface area contributed by atoms with Gasteiger partial charge in [0, 0.05) is 11.8 Å². The summed E-state index contributed by atoms with van der Waals surface area (Å²) in [6.45, 7) is 5.54. The Morgan fingerprint density at radius 1 is 1.58 bits per heavy atom. The molecule has 3 N–H and O–H groups in total. The van der Waals surface area contributed by atoms with Crippen LogP contribution in [-0.2, 0) is 4.79 Å². The SMILES string of the molecule is CC(C=C(N)C(=O)O)=NC(C)C. The second-order valence-electron chi connectivity index (χ2n) is 2.77. The summed E-state index contributed by atoms with van der Waals surface area (Å²) in [5.41, 5.74) is 5.62. The van der Waals surface area contributed by atoms with Gasteiger partial charge in [-0.2, -0.15) is 0 Å². The largest absolute Gasteiger partial charge is 0.477 e. The Kier molecular flexibility index (Phi) is 4.04. The van der Waals surface area contributed by atoms with E-state index >= 15 is 0 Å². The minimum absolute atomic E-state index is 0.155. The Balaban J connectivity index is 4.43. The topological polar surface area (TPSA) is 75.7 Å². The Hall–Kier alpha value is -1.32. The first-order chi connectivity index (χ1) is 5.43. The van der Waals surface area contributed by atoms with E-state index in [1.807, 2.05) is 13.8 Å². The van der Waals surface area contributed by atoms with Gasteiger partial charge in [0.2, 0.25) is 0 Å². The molecule has 0 aliphatic carbocycles. The summed E-state index contributed by atoms with van der Waals surface area (Å²) in [5.74, 6) is -1.12. The smallest absolute Gasteiger partial charge is 0.351 e. The van der Waals surface area contributed by atoms with E-state index in [-0.39, 0.29) is 11.7 Å². The molecule has 0 bridgehead atoms. The van der Waals surface area contributed by atoms with Crippen molar-refractivity contribution in [3.05, 3.63) is 11.8 Å². The Morgan fingerprint density at radius 2 is 2.08 bits per heavy atom. The van der Waals surface area contributed by atoms with E-state index in [2.05, 4.69) is 4.99 Å². The molecule has 12 heavy (non-hydrogen) atoms. The molecule has 4 nitrogen and oxygen atoms in total. The lowest BCUT2D eigenvalue weighted by molar-refractivity contribution is -0.132. The monoisotopic (exact) mass is 170 g/mol. The van der Waals surface area contributed by atoms with Crippen LogP contribution in [0.4, 0.5) is 0 Å². The molecule has 0 aromatic heterocycles. The number of nitrogens with zero attached hydrogens (tertiary/aromatic N) is 1. The molecular formula is C8H14N2O2. The Morgan fingerprint density at radius 3 is 2.42 bits per heavy atom. The maximum atomic E-state index is 10.3. The molecule has 0 saturated heterocycles. The molecule has 0 unspecified atom stereocenters. The zero-order chi connectivity index (χ0) is 9.72. The minimum Gasteiger partial charge on any atom is -0.477 e. The van der Waals surface area contributed by atoms with Gasteiger partial charge in [0.15, 0.2) is 0 Å². The van der Waals surface area contributed by atoms with Crippen LogP contribution in [0.15, 0.2) is 16.8 Å². The molecule has 0 heterocycles. The maximum Gasteiger partial charge on any atom is 0.351 e. The first-order valence-electron chi connectivity index (χ1n) is 3.68. The van der Waals surface area contributed by atoms with Gasteiger partial charge in [0.25, 0.3) is 0 Å². The number of rotatable bonds is 3. The van der Waals surface area contributed by atoms with Crippen LogP contribution in [-0.4, -0.2) is 22.8 Å². The van der Waals surface area contributed by atoms with E-state index < -0.39 is 5.97 Å². The highest BCUT2D eigenvalue weighted by Gasteiger charge is 2.00. The number of carboxylic acid groups (broad SMARTS) is 1. The lowest BCUT2D eigenvalue weighted by Crippen LogP contribution is -2.11. The zero-order valence-corrected chi connectivity index (χ0v) is 7.53. The minimum atomic E-state index is -1.12. The zero-order valence-electron chi connectivity index (χ0n) is 7.53. The molecule has 0 saturated carbocycles. The molecule has 0 aromatic carbocycles. The van der Waals surface area contributed by atoms with Gasteiger partial charge in [-0.15, -0.1) is 0 Å². The van der Waals surface area contributed by atoms with Crippen molar-refractivity contribution in [1.29, 1.82) is 0 Å². The molecule has 0 atom stereocenters. The predicted molar refractivity (Wildman–Crippen MR) is 48.2 cm³/mol. The fourth-order valence-corrected chi connectivity index (χ4v) is 0.731. The number of carboxylic acids is 1. The molecule has 0 spiro atoms. The predicted octanol–water partition coefficient (Wildman–Crippen LogP) is 0.783. The van der Waals surface area contributed by atoms with Crippen molar-refractivity contribution in [2.24, 2.45) is 10.7 Å². The van der Waals surface area contributed by atoms with E-state index in [1.54, 1.807) is 6.92 Å². The summed E-state index contributed by atoms with van der Waals surface area (Å²) >= 11 is 0. The molecule has 0 amide bonds. The van der Waals surface area contributed by atoms with E-state index in [1.165, 1.54) is 6.08 Å². The highest BCUT2D eigenvalue weighted by molar-refractivity contribution is 5.99. The van der Waals surface area contributed by atoms with Crippen molar-refractivity contribution in [3.8, 4) is 0 Å². The number of hydrogen-bond donors (Lipinski definition) is 2. The third kappa shape index (κ3) is 4.49. The highest BCUT2D eigenvalue weighted by atomic mass is 16.4. The van der Waals surface area contributed by atoms with Crippen LogP contribution >= 0.6 is 0 Å². The van der Waals surface area contributed by atoms with Gasteiger partial charge in [0.1, 0.15) is 5.70 Å². The van der Waals surface area contributed by atoms with E-state index in [0.717, 1.165) is 0 Å². The number of aliphatic carboxylic acids is 1. The first kappa shape index (κ1) is 10.7. The van der Waals surface area contributed by atoms with E-state index in [9.17, 15) is 4.79 Å². The van der Waals surface area contributed by atoms with Crippen LogP contribution in [0.5, 0.6) is 0 Å². The van der Waals surface area contributed by atoms with Crippen molar-refractivity contribution in [1.82, 2.24) is 0 Å². The van der Waals surface area contributed by atoms with Gasteiger partial charge >= 0.3 is 5.97 Å². The molecule has 0 aliphatic rings. The number of aliphatic imine (C=N–C) groups is 1. The van der Waals surface area contributed by atoms with Crippen molar-refractivity contribution >= 4 is 11.7 Å². The van der Waals surface area contributed by atoms with Crippen LogP contribution in [0.25, 0.3) is 0 Å². The normalized spacial score (nSPS) is 13.7. The van der Waals surface area contributed by atoms with Crippen molar-refractivity contribution in [2.45, 2.75) is 26.8 Å². The van der Waals surface area contributed by atoms with Gasteiger partial charge in [-0.1, -0.05) is 0 Å². The molecule has 0 radical (unpaired) electrons. The van der Waals surface area contributed by atoms with Crippen LogP contribution in [0, 0.1) is 0 Å². The summed E-state index contributed by atoms with van der Waals surface area (Å²) in [6.07, 6.45) is 1.35. The summed E-state index contributed by atoms with van der Waals surface area (Å²) in [4.78, 5) is 14.4.